The van der Waals surface area contributed by atoms with Crippen LogP contribution >= 0.6 is 0 Å². The lowest BCUT2D eigenvalue weighted by molar-refractivity contribution is -0.107. The van der Waals surface area contributed by atoms with Crippen LogP contribution in [0, 0.1) is 0 Å². The van der Waals surface area contributed by atoms with Crippen LogP contribution in [0.3, 0.4) is 0 Å². The predicted molar refractivity (Wildman–Crippen MR) is 46.0 cm³/mol. The average Bonchev–Trinajstić information content (AvgIpc) is 2.53. The van der Waals surface area contributed by atoms with Gasteiger partial charge in [-0.1, -0.05) is 18.2 Å². The molecule has 0 saturated carbocycles. The van der Waals surface area contributed by atoms with E-state index in [1.54, 1.807) is 6.26 Å². The van der Waals surface area contributed by atoms with Gasteiger partial charge in [0.1, 0.15) is 11.9 Å². The fourth-order valence-electron chi connectivity index (χ4n) is 1.31. The molecule has 0 atom stereocenters. The Morgan fingerprint density at radius 3 is 3.08 bits per heavy atom. The van der Waals surface area contributed by atoms with Gasteiger partial charge in [-0.3, -0.25) is 0 Å². The molecular formula is C10H8O2. The molecule has 0 aliphatic carbocycles. The maximum absolute atomic E-state index is 10.3. The fourth-order valence-corrected chi connectivity index (χ4v) is 1.31. The number of carbonyl (C=O) groups excluding carboxylic acids is 1. The Kier molecular flexibility index (Phi) is 1.67. The van der Waals surface area contributed by atoms with Crippen molar-refractivity contribution in [3.05, 3.63) is 36.1 Å². The summed E-state index contributed by atoms with van der Waals surface area (Å²) in [6, 6.07) is 7.69. The molecule has 12 heavy (non-hydrogen) atoms. The van der Waals surface area contributed by atoms with E-state index >= 15 is 0 Å². The van der Waals surface area contributed by atoms with E-state index < -0.39 is 0 Å². The molecule has 0 aliphatic heterocycles. The highest BCUT2D eigenvalue weighted by Crippen LogP contribution is 2.19. The molecule has 1 heterocycles. The molecule has 0 amide bonds. The molecule has 0 N–H and O–H groups in total. The molecule has 0 saturated heterocycles. The second kappa shape index (κ2) is 2.81. The van der Waals surface area contributed by atoms with Crippen molar-refractivity contribution < 1.29 is 9.21 Å². The first-order chi connectivity index (χ1) is 5.92. The zero-order valence-corrected chi connectivity index (χ0v) is 6.49. The summed E-state index contributed by atoms with van der Waals surface area (Å²) >= 11 is 0. The predicted octanol–water partition coefficient (Wildman–Crippen LogP) is 2.17. The van der Waals surface area contributed by atoms with Crippen molar-refractivity contribution in [3.63, 3.8) is 0 Å². The Bertz CT molecular complexity index is 401. The van der Waals surface area contributed by atoms with Crippen molar-refractivity contribution in [2.24, 2.45) is 0 Å². The van der Waals surface area contributed by atoms with E-state index in [9.17, 15) is 4.79 Å². The summed E-state index contributed by atoms with van der Waals surface area (Å²) in [4.78, 5) is 10.3. The van der Waals surface area contributed by atoms with E-state index in [0.29, 0.717) is 6.42 Å². The highest BCUT2D eigenvalue weighted by Gasteiger charge is 2.01. The van der Waals surface area contributed by atoms with Gasteiger partial charge in [-0.05, 0) is 6.07 Å². The minimum Gasteiger partial charge on any atom is -0.464 e. The Morgan fingerprint density at radius 1 is 1.33 bits per heavy atom. The summed E-state index contributed by atoms with van der Waals surface area (Å²) < 4.78 is 5.24. The van der Waals surface area contributed by atoms with Crippen LogP contribution in [0.1, 0.15) is 5.56 Å². The third-order valence-corrected chi connectivity index (χ3v) is 1.86. The van der Waals surface area contributed by atoms with Crippen LogP contribution in [-0.4, -0.2) is 6.29 Å². The highest BCUT2D eigenvalue weighted by atomic mass is 16.3. The smallest absolute Gasteiger partial charge is 0.137 e. The summed E-state index contributed by atoms with van der Waals surface area (Å²) in [5.41, 5.74) is 1.78. The van der Waals surface area contributed by atoms with Gasteiger partial charge in [0.2, 0.25) is 0 Å². The van der Waals surface area contributed by atoms with E-state index in [-0.39, 0.29) is 0 Å². The molecule has 2 heteroatoms. The molecule has 0 spiro atoms. The molecule has 2 rings (SSSR count). The highest BCUT2D eigenvalue weighted by molar-refractivity contribution is 5.82. The zero-order valence-electron chi connectivity index (χ0n) is 6.49. The summed E-state index contributed by atoms with van der Waals surface area (Å²) in [6.07, 6.45) is 2.95. The molecular weight excluding hydrogens is 152 g/mol. The van der Waals surface area contributed by atoms with Crippen molar-refractivity contribution in [3.8, 4) is 0 Å². The van der Waals surface area contributed by atoms with Crippen LogP contribution in [0.15, 0.2) is 34.9 Å². The maximum Gasteiger partial charge on any atom is 0.137 e. The van der Waals surface area contributed by atoms with Gasteiger partial charge in [-0.2, -0.15) is 0 Å². The van der Waals surface area contributed by atoms with Crippen LogP contribution in [0.2, 0.25) is 0 Å². The van der Waals surface area contributed by atoms with Crippen LogP contribution < -0.4 is 0 Å². The number of benzene rings is 1. The van der Waals surface area contributed by atoms with Crippen molar-refractivity contribution in [1.29, 1.82) is 0 Å². The summed E-state index contributed by atoms with van der Waals surface area (Å²) in [7, 11) is 0. The van der Waals surface area contributed by atoms with Crippen molar-refractivity contribution in [2.45, 2.75) is 6.42 Å². The summed E-state index contributed by atoms with van der Waals surface area (Å²) in [6.45, 7) is 0. The lowest BCUT2D eigenvalue weighted by atomic mass is 10.1. The fraction of sp³-hybridized carbons (Fsp3) is 0.100. The van der Waals surface area contributed by atoms with Gasteiger partial charge in [0.25, 0.3) is 0 Å². The van der Waals surface area contributed by atoms with Gasteiger partial charge < -0.3 is 9.21 Å². The second-order valence-corrected chi connectivity index (χ2v) is 2.63. The Hall–Kier alpha value is -1.57. The molecule has 1 aromatic carbocycles. The second-order valence-electron chi connectivity index (χ2n) is 2.63. The van der Waals surface area contributed by atoms with Gasteiger partial charge >= 0.3 is 0 Å². The van der Waals surface area contributed by atoms with Crippen molar-refractivity contribution in [1.82, 2.24) is 0 Å². The van der Waals surface area contributed by atoms with Gasteiger partial charge in [-0.25, -0.2) is 0 Å². The lowest BCUT2D eigenvalue weighted by Gasteiger charge is -1.94. The number of carbonyl (C=O) groups is 1. The number of furan rings is 1. The number of fused-ring (bicyclic) bond motifs is 1. The van der Waals surface area contributed by atoms with Gasteiger partial charge in [0.15, 0.2) is 0 Å². The monoisotopic (exact) mass is 160 g/mol. The van der Waals surface area contributed by atoms with Crippen molar-refractivity contribution >= 4 is 17.3 Å². The molecule has 0 unspecified atom stereocenters. The van der Waals surface area contributed by atoms with Crippen LogP contribution in [-0.2, 0) is 11.2 Å². The van der Waals surface area contributed by atoms with Crippen LogP contribution in [0.25, 0.3) is 11.0 Å². The molecule has 0 fully saturated rings. The first-order valence-corrected chi connectivity index (χ1v) is 3.80. The van der Waals surface area contributed by atoms with Crippen molar-refractivity contribution in [2.75, 3.05) is 0 Å². The molecule has 0 bridgehead atoms. The molecule has 2 nitrogen and oxygen atoms in total. The Balaban J connectivity index is 2.65. The third kappa shape index (κ3) is 1.01. The van der Waals surface area contributed by atoms with E-state index in [2.05, 4.69) is 0 Å². The number of hydrogen-bond donors (Lipinski definition) is 0. The normalized spacial score (nSPS) is 10.3. The van der Waals surface area contributed by atoms with Gasteiger partial charge in [0, 0.05) is 17.4 Å². The molecule has 2 aromatic rings. The first-order valence-electron chi connectivity index (χ1n) is 3.80. The number of hydrogen-bond acceptors (Lipinski definition) is 2. The van der Waals surface area contributed by atoms with E-state index in [0.717, 1.165) is 22.8 Å². The molecule has 0 aliphatic rings. The molecule has 60 valence electrons. The van der Waals surface area contributed by atoms with E-state index in [4.69, 9.17) is 4.42 Å². The topological polar surface area (TPSA) is 30.2 Å². The average molecular weight is 160 g/mol. The van der Waals surface area contributed by atoms with Crippen LogP contribution in [0.5, 0.6) is 0 Å². The van der Waals surface area contributed by atoms with E-state index in [1.165, 1.54) is 0 Å². The first kappa shape index (κ1) is 7.10. The number of aldehydes is 1. The maximum atomic E-state index is 10.3. The minimum absolute atomic E-state index is 0.421. The van der Waals surface area contributed by atoms with Crippen LogP contribution in [0.4, 0.5) is 0 Å². The largest absolute Gasteiger partial charge is 0.464 e. The molecule has 1 aromatic heterocycles. The Morgan fingerprint density at radius 2 is 2.25 bits per heavy atom. The standard InChI is InChI=1S/C10H8O2/c11-6-4-8-2-1-3-9-5-7-12-10(8)9/h1-3,5-7H,4H2. The summed E-state index contributed by atoms with van der Waals surface area (Å²) in [5, 5.41) is 1.05. The molecule has 0 radical (unpaired) electrons. The quantitative estimate of drug-likeness (QED) is 0.630. The van der Waals surface area contributed by atoms with Gasteiger partial charge in [-0.15, -0.1) is 0 Å². The SMILES string of the molecule is O=CCc1cccc2ccoc12. The lowest BCUT2D eigenvalue weighted by Crippen LogP contribution is -1.84. The van der Waals surface area contributed by atoms with E-state index in [1.807, 2.05) is 24.3 Å². The third-order valence-electron chi connectivity index (χ3n) is 1.86. The Labute approximate surface area is 69.8 Å². The zero-order chi connectivity index (χ0) is 8.39. The number of para-hydroxylation sites is 1. The van der Waals surface area contributed by atoms with Gasteiger partial charge in [0.05, 0.1) is 6.26 Å². The minimum atomic E-state index is 0.421. The number of rotatable bonds is 2. The summed E-state index contributed by atoms with van der Waals surface area (Å²) in [5.74, 6) is 0.